The molecule has 0 aliphatic carbocycles. The molecule has 2 aromatic rings. The normalized spacial score (nSPS) is 9.03. The number of nitrogens with zero attached hydrogens (tertiary/aromatic N) is 5. The monoisotopic (exact) mass is 474 g/mol. The molecule has 1 aromatic heterocycles. The maximum atomic E-state index is 8.25. The van der Waals surface area contributed by atoms with Crippen molar-refractivity contribution < 1.29 is 27.2 Å². The van der Waals surface area contributed by atoms with Gasteiger partial charge in [0.25, 0.3) is 0 Å². The van der Waals surface area contributed by atoms with E-state index in [9.17, 15) is 0 Å². The number of benzene rings is 1. The summed E-state index contributed by atoms with van der Waals surface area (Å²) in [6.07, 6.45) is 1.63. The second-order valence-electron chi connectivity index (χ2n) is 4.94. The minimum atomic E-state index is -1.75. The van der Waals surface area contributed by atoms with Crippen LogP contribution in [0.1, 0.15) is 17.0 Å². The summed E-state index contributed by atoms with van der Waals surface area (Å²) < 4.78 is 0. The van der Waals surface area contributed by atoms with Crippen molar-refractivity contribution in [1.82, 2.24) is 20.5 Å². The summed E-state index contributed by atoms with van der Waals surface area (Å²) in [6, 6.07) is 12.1. The van der Waals surface area contributed by atoms with E-state index < -0.39 is 10.2 Å². The Bertz CT molecular complexity index is 770. The Morgan fingerprint density at radius 2 is 1.76 bits per heavy atom. The van der Waals surface area contributed by atoms with E-state index in [2.05, 4.69) is 32.9 Å². The van der Waals surface area contributed by atoms with E-state index in [-0.39, 0.29) is 17.1 Å². The summed E-state index contributed by atoms with van der Waals surface area (Å²) in [4.78, 5) is 18.4. The zero-order valence-electron chi connectivity index (χ0n) is 15.1. The predicted octanol–water partition coefficient (Wildman–Crippen LogP) is 1.58. The summed E-state index contributed by atoms with van der Waals surface area (Å²) in [6.45, 7) is 2.68. The fourth-order valence-corrected chi connectivity index (χ4v) is 1.79. The van der Waals surface area contributed by atoms with Gasteiger partial charge < -0.3 is 35.5 Å². The van der Waals surface area contributed by atoms with Gasteiger partial charge in [-0.15, -0.1) is 0 Å². The van der Waals surface area contributed by atoms with E-state index >= 15 is 0 Å². The van der Waals surface area contributed by atoms with Crippen molar-refractivity contribution >= 4 is 23.5 Å². The molecule has 0 aliphatic rings. The molecule has 1 radical (unpaired) electrons. The molecule has 0 saturated carbocycles. The first-order valence-electron chi connectivity index (χ1n) is 7.35. The van der Waals surface area contributed by atoms with E-state index in [1.807, 2.05) is 43.1 Å². The third-order valence-corrected chi connectivity index (χ3v) is 3.09. The molecule has 0 amide bonds. The van der Waals surface area contributed by atoms with E-state index in [4.69, 9.17) is 42.9 Å². The van der Waals surface area contributed by atoms with Crippen LogP contribution < -0.4 is 5.43 Å². The molecule has 15 heteroatoms. The van der Waals surface area contributed by atoms with Crippen molar-refractivity contribution in [2.45, 2.75) is 13.5 Å². The largest absolute Gasteiger partial charge is 2.00 e. The van der Waals surface area contributed by atoms with Crippen LogP contribution in [0.15, 0.2) is 41.5 Å². The number of H-pyrrole nitrogens is 1. The van der Waals surface area contributed by atoms with Gasteiger partial charge in [0.2, 0.25) is 0 Å². The van der Waals surface area contributed by atoms with Crippen molar-refractivity contribution in [1.29, 1.82) is 0 Å². The van der Waals surface area contributed by atoms with E-state index in [0.29, 0.717) is 5.11 Å². The standard InChI is InChI=1S/C14H17N5S.Cu.2NO3/c1-11-8-13(17-16-11)9-15-18-14(20)19(2)10-12-6-4-3-5-7-12;;2*2-1(3)4/h3-9H,10H2,1-2H3,(H,16,17)(H,18,20);;;/q;+2;2*-1/b15-9-;;;. The SMILES string of the molecule is Cc1cc(/C=N\NC(=S)N(C)Cc2ccccc2)n[nH]1.O=[N+]([O-])[O-].O=[N+]([O-])[O-].[Cu+2]. The fourth-order valence-electron chi connectivity index (χ4n) is 1.67. The molecule has 1 heterocycles. The number of thiocarbonyl (C=S) groups is 1. The Kier molecular flexibility index (Phi) is 15.2. The van der Waals surface area contributed by atoms with Gasteiger partial charge in [-0.2, -0.15) is 10.2 Å². The zero-order chi connectivity index (χ0) is 21.5. The number of hydrogen-bond acceptors (Lipinski definition) is 9. The summed E-state index contributed by atoms with van der Waals surface area (Å²) in [7, 11) is 1.93. The zero-order valence-corrected chi connectivity index (χ0v) is 16.9. The van der Waals surface area contributed by atoms with Gasteiger partial charge in [0.15, 0.2) is 5.11 Å². The molecule has 161 valence electrons. The Balaban J connectivity index is 0. The van der Waals surface area contributed by atoms with Crippen LogP contribution in [-0.4, -0.2) is 43.6 Å². The molecule has 29 heavy (non-hydrogen) atoms. The number of hydrazone groups is 1. The van der Waals surface area contributed by atoms with Crippen molar-refractivity contribution in [3.8, 4) is 0 Å². The average Bonchev–Trinajstić information content (AvgIpc) is 3.00. The summed E-state index contributed by atoms with van der Waals surface area (Å²) >= 11 is 5.27. The van der Waals surface area contributed by atoms with Crippen LogP contribution in [0.4, 0.5) is 0 Å². The van der Waals surface area contributed by atoms with Gasteiger partial charge in [-0.05, 0) is 30.8 Å². The van der Waals surface area contributed by atoms with Gasteiger partial charge >= 0.3 is 17.1 Å². The van der Waals surface area contributed by atoms with Gasteiger partial charge in [-0.3, -0.25) is 10.5 Å². The first-order chi connectivity index (χ1) is 13.1. The molecule has 0 unspecified atom stereocenters. The fraction of sp³-hybridized carbons (Fsp3) is 0.214. The molecule has 2 rings (SSSR count). The van der Waals surface area contributed by atoms with Gasteiger partial charge in [0, 0.05) is 19.3 Å². The molecule has 1 aromatic carbocycles. The topological polar surface area (TPSA) is 189 Å². The Morgan fingerprint density at radius 3 is 2.21 bits per heavy atom. The molecule has 0 fully saturated rings. The van der Waals surface area contributed by atoms with Crippen LogP contribution in [0.5, 0.6) is 0 Å². The molecule has 0 atom stereocenters. The van der Waals surface area contributed by atoms with Gasteiger partial charge in [0.1, 0.15) is 5.69 Å². The van der Waals surface area contributed by atoms with Crippen molar-refractivity contribution in [2.75, 3.05) is 7.05 Å². The number of nitrogens with one attached hydrogen (secondary N) is 2. The third kappa shape index (κ3) is 16.6. The quantitative estimate of drug-likeness (QED) is 0.216. The van der Waals surface area contributed by atoms with Gasteiger partial charge in [-0.1, -0.05) is 30.3 Å². The summed E-state index contributed by atoms with van der Waals surface area (Å²) in [5.74, 6) is 0. The van der Waals surface area contributed by atoms with Crippen LogP contribution in [0, 0.1) is 37.6 Å². The Hall–Kier alpha value is -3.29. The maximum absolute atomic E-state index is 8.25. The van der Waals surface area contributed by atoms with Crippen LogP contribution in [-0.2, 0) is 23.6 Å². The summed E-state index contributed by atoms with van der Waals surface area (Å²) in [5, 5.41) is 41.0. The number of aromatic amines is 1. The molecular weight excluding hydrogens is 458 g/mol. The second-order valence-corrected chi connectivity index (χ2v) is 5.33. The Morgan fingerprint density at radius 1 is 1.24 bits per heavy atom. The minimum Gasteiger partial charge on any atom is -0.356 e. The third-order valence-electron chi connectivity index (χ3n) is 2.69. The van der Waals surface area contributed by atoms with E-state index in [1.165, 1.54) is 5.56 Å². The summed E-state index contributed by atoms with van der Waals surface area (Å²) in [5.41, 5.74) is 5.80. The van der Waals surface area contributed by atoms with Crippen LogP contribution in [0.2, 0.25) is 0 Å². The molecule has 13 nitrogen and oxygen atoms in total. The molecule has 0 bridgehead atoms. The van der Waals surface area contributed by atoms with Crippen LogP contribution >= 0.6 is 12.2 Å². The molecule has 2 N–H and O–H groups in total. The number of aryl methyl sites for hydroxylation is 1. The van der Waals surface area contributed by atoms with Crippen LogP contribution in [0.3, 0.4) is 0 Å². The molecule has 0 aliphatic heterocycles. The van der Waals surface area contributed by atoms with Gasteiger partial charge in [-0.25, -0.2) is 0 Å². The first kappa shape index (κ1) is 27.9. The van der Waals surface area contributed by atoms with Crippen molar-refractivity contribution in [2.24, 2.45) is 5.10 Å². The molecule has 0 spiro atoms. The predicted molar refractivity (Wildman–Crippen MR) is 105 cm³/mol. The first-order valence-corrected chi connectivity index (χ1v) is 7.75. The number of aromatic nitrogens is 2. The van der Waals surface area contributed by atoms with E-state index in [1.54, 1.807) is 6.21 Å². The number of rotatable bonds is 4. The van der Waals surface area contributed by atoms with Crippen molar-refractivity contribution in [3.05, 3.63) is 84.0 Å². The minimum absolute atomic E-state index is 0. The maximum Gasteiger partial charge on any atom is 2.00 e. The van der Waals surface area contributed by atoms with E-state index in [0.717, 1.165) is 17.9 Å². The van der Waals surface area contributed by atoms with Gasteiger partial charge in [0.05, 0.1) is 16.4 Å². The molecule has 0 saturated heterocycles. The molecular formula is C14H17CuN7O6S. The Labute approximate surface area is 181 Å². The van der Waals surface area contributed by atoms with Crippen LogP contribution in [0.25, 0.3) is 0 Å². The number of hydrogen-bond donors (Lipinski definition) is 2. The average molecular weight is 475 g/mol. The van der Waals surface area contributed by atoms with Crippen molar-refractivity contribution in [3.63, 3.8) is 0 Å². The second kappa shape index (κ2) is 15.7. The smallest absolute Gasteiger partial charge is 0.356 e.